The summed E-state index contributed by atoms with van der Waals surface area (Å²) in [6.45, 7) is 6.88. The number of nitrogens with one attached hydrogen (secondary N) is 1. The summed E-state index contributed by atoms with van der Waals surface area (Å²) in [4.78, 5) is 17.1. The molecule has 1 fully saturated rings. The molecule has 1 saturated carbocycles. The molecule has 0 spiro atoms. The molecule has 1 aliphatic carbocycles. The van der Waals surface area contributed by atoms with E-state index < -0.39 is 0 Å². The van der Waals surface area contributed by atoms with Gasteiger partial charge in [-0.05, 0) is 48.3 Å². The first-order valence-electron chi connectivity index (χ1n) is 9.40. The molecule has 2 unspecified atom stereocenters. The van der Waals surface area contributed by atoms with Gasteiger partial charge in [0.05, 0.1) is 12.1 Å². The number of aromatic nitrogens is 1. The number of hydrogen-bond donors (Lipinski definition) is 1. The molecule has 6 heteroatoms. The van der Waals surface area contributed by atoms with Crippen LogP contribution in [0.1, 0.15) is 51.3 Å². The van der Waals surface area contributed by atoms with E-state index in [0.717, 1.165) is 33.7 Å². The number of nitrogens with zero attached hydrogens (tertiary/aromatic N) is 1. The summed E-state index contributed by atoms with van der Waals surface area (Å²) in [5, 5.41) is 5.98. The third-order valence-electron chi connectivity index (χ3n) is 4.90. The van der Waals surface area contributed by atoms with Crippen LogP contribution in [0.25, 0.3) is 0 Å². The molecule has 0 radical (unpaired) electrons. The van der Waals surface area contributed by atoms with Gasteiger partial charge in [0.25, 0.3) is 0 Å². The van der Waals surface area contributed by atoms with E-state index in [2.05, 4.69) is 31.1 Å². The SMILES string of the molecule is CC1CC(NC(=O)Cc2csc(SCc3ccc(Cl)cc3)n2)CC(C)(C)C1. The number of thioether (sulfide) groups is 1. The molecule has 0 saturated heterocycles. The first-order valence-corrected chi connectivity index (χ1v) is 11.6. The van der Waals surface area contributed by atoms with Crippen molar-refractivity contribution in [2.45, 2.75) is 62.6 Å². The number of hydrogen-bond acceptors (Lipinski definition) is 4. The Bertz CT molecular complexity index is 773. The van der Waals surface area contributed by atoms with Crippen LogP contribution in [0.4, 0.5) is 0 Å². The van der Waals surface area contributed by atoms with Crippen LogP contribution in [0.15, 0.2) is 34.0 Å². The number of carbonyl (C=O) groups is 1. The van der Waals surface area contributed by atoms with Crippen LogP contribution in [-0.2, 0) is 17.0 Å². The van der Waals surface area contributed by atoms with E-state index >= 15 is 0 Å². The van der Waals surface area contributed by atoms with Gasteiger partial charge in [0.2, 0.25) is 5.91 Å². The molecule has 0 aliphatic heterocycles. The van der Waals surface area contributed by atoms with Gasteiger partial charge in [0.15, 0.2) is 0 Å². The van der Waals surface area contributed by atoms with Crippen molar-refractivity contribution in [3.05, 3.63) is 45.9 Å². The lowest BCUT2D eigenvalue weighted by Gasteiger charge is -2.39. The molecule has 3 rings (SSSR count). The fraction of sp³-hybridized carbons (Fsp3) is 0.524. The fourth-order valence-corrected chi connectivity index (χ4v) is 5.99. The topological polar surface area (TPSA) is 42.0 Å². The monoisotopic (exact) mass is 422 g/mol. The third kappa shape index (κ3) is 6.51. The Morgan fingerprint density at radius 1 is 1.33 bits per heavy atom. The molecule has 1 aromatic carbocycles. The Balaban J connectivity index is 1.48. The van der Waals surface area contributed by atoms with Crippen LogP contribution in [0, 0.1) is 11.3 Å². The molecule has 1 heterocycles. The zero-order valence-electron chi connectivity index (χ0n) is 16.1. The summed E-state index contributed by atoms with van der Waals surface area (Å²) in [6, 6.07) is 8.16. The molecule has 2 aromatic rings. The lowest BCUT2D eigenvalue weighted by molar-refractivity contribution is -0.121. The highest BCUT2D eigenvalue weighted by molar-refractivity contribution is 8.00. The summed E-state index contributed by atoms with van der Waals surface area (Å²) in [7, 11) is 0. The van der Waals surface area contributed by atoms with E-state index in [1.54, 1.807) is 23.1 Å². The average Bonchev–Trinajstić information content (AvgIpc) is 2.99. The van der Waals surface area contributed by atoms with Crippen molar-refractivity contribution in [1.29, 1.82) is 0 Å². The predicted molar refractivity (Wildman–Crippen MR) is 116 cm³/mol. The van der Waals surface area contributed by atoms with E-state index in [1.165, 1.54) is 12.0 Å². The summed E-state index contributed by atoms with van der Waals surface area (Å²) >= 11 is 9.22. The van der Waals surface area contributed by atoms with Crippen molar-refractivity contribution in [2.75, 3.05) is 0 Å². The van der Waals surface area contributed by atoms with Gasteiger partial charge >= 0.3 is 0 Å². The summed E-state index contributed by atoms with van der Waals surface area (Å²) in [5.74, 6) is 1.60. The molecule has 1 N–H and O–H groups in total. The number of rotatable bonds is 6. The molecule has 3 nitrogen and oxygen atoms in total. The standard InChI is InChI=1S/C21H27ClN2OS2/c1-14-8-17(11-21(2,3)10-14)23-19(25)9-18-13-27-20(24-18)26-12-15-4-6-16(22)7-5-15/h4-7,13-14,17H,8-12H2,1-3H3,(H,23,25). The minimum Gasteiger partial charge on any atom is -0.353 e. The van der Waals surface area contributed by atoms with Crippen molar-refractivity contribution < 1.29 is 4.79 Å². The normalized spacial score (nSPS) is 21.8. The quantitative estimate of drug-likeness (QED) is 0.583. The van der Waals surface area contributed by atoms with Crippen LogP contribution >= 0.6 is 34.7 Å². The Kier molecular flexibility index (Phi) is 6.88. The smallest absolute Gasteiger partial charge is 0.226 e. The van der Waals surface area contributed by atoms with E-state index in [0.29, 0.717) is 17.8 Å². The first kappa shape index (κ1) is 20.7. The summed E-state index contributed by atoms with van der Waals surface area (Å²) < 4.78 is 1.00. The Labute approximate surface area is 175 Å². The van der Waals surface area contributed by atoms with Gasteiger partial charge in [0.1, 0.15) is 4.34 Å². The van der Waals surface area contributed by atoms with E-state index in [4.69, 9.17) is 11.6 Å². The van der Waals surface area contributed by atoms with E-state index in [9.17, 15) is 4.79 Å². The maximum Gasteiger partial charge on any atom is 0.226 e. The Hall–Kier alpha value is -1.04. The highest BCUT2D eigenvalue weighted by Gasteiger charge is 2.32. The van der Waals surface area contributed by atoms with Gasteiger partial charge in [-0.2, -0.15) is 0 Å². The maximum atomic E-state index is 12.5. The van der Waals surface area contributed by atoms with Gasteiger partial charge in [-0.1, -0.05) is 56.3 Å². The van der Waals surface area contributed by atoms with Gasteiger partial charge in [-0.3, -0.25) is 4.79 Å². The molecule has 27 heavy (non-hydrogen) atoms. The van der Waals surface area contributed by atoms with Gasteiger partial charge < -0.3 is 5.32 Å². The first-order chi connectivity index (χ1) is 12.8. The van der Waals surface area contributed by atoms with Crippen molar-refractivity contribution in [2.24, 2.45) is 11.3 Å². The highest BCUT2D eigenvalue weighted by atomic mass is 35.5. The van der Waals surface area contributed by atoms with Crippen LogP contribution in [-0.4, -0.2) is 16.9 Å². The van der Waals surface area contributed by atoms with Crippen LogP contribution in [0.3, 0.4) is 0 Å². The summed E-state index contributed by atoms with van der Waals surface area (Å²) in [6.07, 6.45) is 3.74. The lowest BCUT2D eigenvalue weighted by atomic mass is 9.70. The highest BCUT2D eigenvalue weighted by Crippen LogP contribution is 2.38. The van der Waals surface area contributed by atoms with E-state index in [1.807, 2.05) is 29.6 Å². The van der Waals surface area contributed by atoms with Crippen molar-refractivity contribution >= 4 is 40.6 Å². The van der Waals surface area contributed by atoms with Crippen molar-refractivity contribution in [3.63, 3.8) is 0 Å². The average molecular weight is 423 g/mol. The van der Waals surface area contributed by atoms with Crippen molar-refractivity contribution in [1.82, 2.24) is 10.3 Å². The number of benzene rings is 1. The second-order valence-electron chi connectivity index (χ2n) is 8.37. The number of halogens is 1. The molecule has 2 atom stereocenters. The van der Waals surface area contributed by atoms with Crippen LogP contribution in [0.2, 0.25) is 5.02 Å². The van der Waals surface area contributed by atoms with Crippen molar-refractivity contribution in [3.8, 4) is 0 Å². The molecule has 1 aliphatic rings. The second-order valence-corrected chi connectivity index (χ2v) is 10.9. The Morgan fingerprint density at radius 2 is 2.07 bits per heavy atom. The lowest BCUT2D eigenvalue weighted by Crippen LogP contribution is -2.43. The maximum absolute atomic E-state index is 12.5. The van der Waals surface area contributed by atoms with Crippen LogP contribution in [0.5, 0.6) is 0 Å². The number of amides is 1. The van der Waals surface area contributed by atoms with Gasteiger partial charge in [-0.25, -0.2) is 4.98 Å². The molecule has 1 aromatic heterocycles. The fourth-order valence-electron chi connectivity index (χ4n) is 4.06. The molecule has 1 amide bonds. The molecular formula is C21H27ClN2OS2. The van der Waals surface area contributed by atoms with Gasteiger partial charge in [-0.15, -0.1) is 11.3 Å². The Morgan fingerprint density at radius 3 is 2.78 bits per heavy atom. The largest absolute Gasteiger partial charge is 0.353 e. The molecule has 146 valence electrons. The summed E-state index contributed by atoms with van der Waals surface area (Å²) in [5.41, 5.74) is 2.38. The minimum absolute atomic E-state index is 0.0875. The number of thiazole rings is 1. The van der Waals surface area contributed by atoms with E-state index in [-0.39, 0.29) is 11.9 Å². The predicted octanol–water partition coefficient (Wildman–Crippen LogP) is 5.96. The molecule has 0 bridgehead atoms. The second kappa shape index (κ2) is 8.97. The minimum atomic E-state index is 0.0875. The third-order valence-corrected chi connectivity index (χ3v) is 7.29. The van der Waals surface area contributed by atoms with Crippen LogP contribution < -0.4 is 5.32 Å². The zero-order valence-corrected chi connectivity index (χ0v) is 18.5. The number of carbonyl (C=O) groups excluding carboxylic acids is 1. The van der Waals surface area contributed by atoms with Gasteiger partial charge in [0, 0.05) is 22.2 Å². The molecular weight excluding hydrogens is 396 g/mol. The zero-order chi connectivity index (χ0) is 19.4.